The maximum atomic E-state index is 11.1. The lowest BCUT2D eigenvalue weighted by Gasteiger charge is -2.15. The Morgan fingerprint density at radius 3 is 2.43 bits per heavy atom. The van der Waals surface area contributed by atoms with E-state index >= 15 is 0 Å². The first kappa shape index (κ1) is 29.5. The van der Waals surface area contributed by atoms with Gasteiger partial charge in [-0.15, -0.1) is 0 Å². The standard InChI is InChI=1S/C26H35Cl2NO6/c1-19(31)35-26-10-9-20(15-21(26)17-30)25(32)16-29-11-4-2-3-5-12-33-13-14-34-18-22-23(27)7-6-8-24(22)28/h6-10,15,25,29-30,32H,2-5,11-14,16-18H2,1H3. The SMILES string of the molecule is CC(=O)Oc1ccc(C(O)CNCCCCCCOCCOCc2c(Cl)cccc2Cl)cc1CO. The molecule has 35 heavy (non-hydrogen) atoms. The average molecular weight is 528 g/mol. The number of carbonyl (C=O) groups excluding carboxylic acids is 1. The first-order valence-electron chi connectivity index (χ1n) is 11.8. The lowest BCUT2D eigenvalue weighted by Crippen LogP contribution is -2.22. The van der Waals surface area contributed by atoms with Gasteiger partial charge < -0.3 is 29.7 Å². The maximum absolute atomic E-state index is 11.1. The van der Waals surface area contributed by atoms with E-state index in [1.54, 1.807) is 36.4 Å². The number of aliphatic hydroxyl groups is 2. The lowest BCUT2D eigenvalue weighted by atomic mass is 10.1. The Bertz CT molecular complexity index is 891. The maximum Gasteiger partial charge on any atom is 0.308 e. The Kier molecular flexibility index (Phi) is 14.2. The molecule has 0 saturated carbocycles. The van der Waals surface area contributed by atoms with E-state index in [4.69, 9.17) is 37.4 Å². The van der Waals surface area contributed by atoms with Crippen LogP contribution >= 0.6 is 23.2 Å². The van der Waals surface area contributed by atoms with Gasteiger partial charge in [0.15, 0.2) is 0 Å². The molecule has 1 atom stereocenters. The summed E-state index contributed by atoms with van der Waals surface area (Å²) in [5, 5.41) is 24.3. The molecule has 0 aromatic heterocycles. The summed E-state index contributed by atoms with van der Waals surface area (Å²) in [5.74, 6) is -0.145. The number of ether oxygens (including phenoxy) is 3. The minimum absolute atomic E-state index is 0.273. The van der Waals surface area contributed by atoms with Crippen molar-refractivity contribution < 1.29 is 29.2 Å². The molecule has 1 unspecified atom stereocenters. The zero-order valence-corrected chi connectivity index (χ0v) is 21.6. The average Bonchev–Trinajstić information content (AvgIpc) is 2.83. The summed E-state index contributed by atoms with van der Waals surface area (Å²) in [6.45, 7) is 4.31. The van der Waals surface area contributed by atoms with Gasteiger partial charge in [0.05, 0.1) is 32.5 Å². The van der Waals surface area contributed by atoms with Crippen molar-refractivity contribution in [2.75, 3.05) is 32.9 Å². The Morgan fingerprint density at radius 2 is 1.71 bits per heavy atom. The van der Waals surface area contributed by atoms with E-state index in [0.29, 0.717) is 59.9 Å². The smallest absolute Gasteiger partial charge is 0.308 e. The van der Waals surface area contributed by atoms with Crippen LogP contribution in [0, 0.1) is 0 Å². The van der Waals surface area contributed by atoms with Crippen LogP contribution in [0.25, 0.3) is 0 Å². The van der Waals surface area contributed by atoms with Gasteiger partial charge in [0, 0.05) is 41.2 Å². The van der Waals surface area contributed by atoms with Crippen LogP contribution in [0.5, 0.6) is 5.75 Å². The van der Waals surface area contributed by atoms with Crippen molar-refractivity contribution in [1.29, 1.82) is 0 Å². The molecule has 0 fully saturated rings. The van der Waals surface area contributed by atoms with Crippen LogP contribution in [-0.4, -0.2) is 49.1 Å². The van der Waals surface area contributed by atoms with Gasteiger partial charge in [-0.2, -0.15) is 0 Å². The Hall–Kier alpha value is -1.71. The molecule has 2 rings (SSSR count). The Balaban J connectivity index is 1.47. The highest BCUT2D eigenvalue weighted by Gasteiger charge is 2.12. The quantitative estimate of drug-likeness (QED) is 0.154. The number of carbonyl (C=O) groups is 1. The van der Waals surface area contributed by atoms with Crippen LogP contribution in [0.2, 0.25) is 10.0 Å². The van der Waals surface area contributed by atoms with E-state index in [1.165, 1.54) is 6.92 Å². The molecule has 9 heteroatoms. The van der Waals surface area contributed by atoms with E-state index in [-0.39, 0.29) is 6.61 Å². The minimum Gasteiger partial charge on any atom is -0.426 e. The number of halogens is 2. The van der Waals surface area contributed by atoms with Crippen LogP contribution in [0.1, 0.15) is 55.4 Å². The topological polar surface area (TPSA) is 97.3 Å². The Morgan fingerprint density at radius 1 is 1.00 bits per heavy atom. The zero-order chi connectivity index (χ0) is 25.5. The third-order valence-corrected chi connectivity index (χ3v) is 6.01. The van der Waals surface area contributed by atoms with Gasteiger partial charge in [-0.05, 0) is 49.2 Å². The number of nitrogens with one attached hydrogen (secondary N) is 1. The second-order valence-electron chi connectivity index (χ2n) is 8.12. The fourth-order valence-electron chi connectivity index (χ4n) is 3.41. The van der Waals surface area contributed by atoms with E-state index in [9.17, 15) is 15.0 Å². The molecule has 0 aliphatic carbocycles. The van der Waals surface area contributed by atoms with Crippen molar-refractivity contribution in [2.24, 2.45) is 0 Å². The zero-order valence-electron chi connectivity index (χ0n) is 20.1. The largest absolute Gasteiger partial charge is 0.426 e. The van der Waals surface area contributed by atoms with Gasteiger partial charge in [-0.3, -0.25) is 4.79 Å². The van der Waals surface area contributed by atoms with Crippen LogP contribution in [0.3, 0.4) is 0 Å². The highest BCUT2D eigenvalue weighted by molar-refractivity contribution is 6.35. The first-order chi connectivity index (χ1) is 16.9. The van der Waals surface area contributed by atoms with E-state index in [2.05, 4.69) is 5.32 Å². The Labute approximate surface area is 217 Å². The highest BCUT2D eigenvalue weighted by Crippen LogP contribution is 2.25. The summed E-state index contributed by atoms with van der Waals surface area (Å²) in [5.41, 5.74) is 1.92. The molecular formula is C26H35Cl2NO6. The summed E-state index contributed by atoms with van der Waals surface area (Å²) < 4.78 is 16.2. The second kappa shape index (κ2) is 16.9. The normalized spacial score (nSPS) is 12.0. The molecule has 2 aromatic rings. The van der Waals surface area contributed by atoms with Crippen LogP contribution < -0.4 is 10.1 Å². The lowest BCUT2D eigenvalue weighted by molar-refractivity contribution is -0.131. The van der Waals surface area contributed by atoms with E-state index in [0.717, 1.165) is 37.8 Å². The van der Waals surface area contributed by atoms with Crippen molar-refractivity contribution >= 4 is 29.2 Å². The van der Waals surface area contributed by atoms with Crippen LogP contribution in [-0.2, 0) is 27.5 Å². The molecule has 0 heterocycles. The first-order valence-corrected chi connectivity index (χ1v) is 12.6. The fourth-order valence-corrected chi connectivity index (χ4v) is 3.92. The van der Waals surface area contributed by atoms with Gasteiger partial charge in [-0.25, -0.2) is 0 Å². The number of rotatable bonds is 17. The summed E-state index contributed by atoms with van der Waals surface area (Å²) in [4.78, 5) is 11.1. The molecule has 0 saturated heterocycles. The minimum atomic E-state index is -0.712. The van der Waals surface area contributed by atoms with Gasteiger partial charge in [0.2, 0.25) is 0 Å². The van der Waals surface area contributed by atoms with Gasteiger partial charge in [0.25, 0.3) is 0 Å². The van der Waals surface area contributed by atoms with Gasteiger partial charge >= 0.3 is 5.97 Å². The molecule has 194 valence electrons. The molecular weight excluding hydrogens is 493 g/mol. The third kappa shape index (κ3) is 11.3. The van der Waals surface area contributed by atoms with E-state index in [1.807, 2.05) is 0 Å². The highest BCUT2D eigenvalue weighted by atomic mass is 35.5. The molecule has 0 radical (unpaired) electrons. The monoisotopic (exact) mass is 527 g/mol. The molecule has 0 aliphatic heterocycles. The molecule has 7 nitrogen and oxygen atoms in total. The number of hydrogen-bond acceptors (Lipinski definition) is 7. The molecule has 0 aliphatic rings. The van der Waals surface area contributed by atoms with Crippen molar-refractivity contribution in [1.82, 2.24) is 5.32 Å². The van der Waals surface area contributed by atoms with Gasteiger partial charge in [0.1, 0.15) is 5.75 Å². The predicted octanol–water partition coefficient (Wildman–Crippen LogP) is 4.83. The van der Waals surface area contributed by atoms with Crippen LogP contribution in [0.15, 0.2) is 36.4 Å². The summed E-state index contributed by atoms with van der Waals surface area (Å²) in [6.07, 6.45) is 3.41. The van der Waals surface area contributed by atoms with Crippen LogP contribution in [0.4, 0.5) is 0 Å². The molecule has 0 bridgehead atoms. The summed E-state index contributed by atoms with van der Waals surface area (Å²) >= 11 is 12.2. The van der Waals surface area contributed by atoms with Gasteiger partial charge in [-0.1, -0.05) is 48.2 Å². The molecule has 2 aromatic carbocycles. The predicted molar refractivity (Wildman–Crippen MR) is 137 cm³/mol. The summed E-state index contributed by atoms with van der Waals surface area (Å²) in [7, 11) is 0. The van der Waals surface area contributed by atoms with Crippen molar-refractivity contribution in [3.8, 4) is 5.75 Å². The van der Waals surface area contributed by atoms with E-state index < -0.39 is 12.1 Å². The van der Waals surface area contributed by atoms with Crippen molar-refractivity contribution in [2.45, 2.75) is 51.9 Å². The van der Waals surface area contributed by atoms with Crippen molar-refractivity contribution in [3.05, 3.63) is 63.1 Å². The fraction of sp³-hybridized carbons (Fsp3) is 0.500. The van der Waals surface area contributed by atoms with Crippen molar-refractivity contribution in [3.63, 3.8) is 0 Å². The number of unbranched alkanes of at least 4 members (excludes halogenated alkanes) is 3. The summed E-state index contributed by atoms with van der Waals surface area (Å²) in [6, 6.07) is 10.3. The second-order valence-corrected chi connectivity index (χ2v) is 8.93. The molecule has 3 N–H and O–H groups in total. The third-order valence-electron chi connectivity index (χ3n) is 5.30. The molecule has 0 amide bonds. The molecule has 0 spiro atoms. The number of hydrogen-bond donors (Lipinski definition) is 3. The number of esters is 1. The number of benzene rings is 2. The number of aliphatic hydroxyl groups excluding tert-OH is 2.